The number of imidazole rings is 1. The van der Waals surface area contributed by atoms with E-state index >= 15 is 0 Å². The molecule has 0 aliphatic carbocycles. The van der Waals surface area contributed by atoms with Crippen LogP contribution in [0, 0.1) is 0 Å². The van der Waals surface area contributed by atoms with E-state index in [1.807, 2.05) is 17.8 Å². The van der Waals surface area contributed by atoms with Crippen molar-refractivity contribution >= 4 is 30.4 Å². The zero-order chi connectivity index (χ0) is 7.98. The topological polar surface area (TPSA) is 17.8 Å². The Hall–Kier alpha value is 0.586. The first-order valence-corrected chi connectivity index (χ1v) is 6.49. The van der Waals surface area contributed by atoms with E-state index in [4.69, 9.17) is 30.4 Å². The molecule has 0 N–H and O–H groups in total. The van der Waals surface area contributed by atoms with E-state index in [2.05, 4.69) is 4.98 Å². The van der Waals surface area contributed by atoms with Crippen molar-refractivity contribution < 1.29 is 10.9 Å². The van der Waals surface area contributed by atoms with Gasteiger partial charge in [-0.25, -0.2) is 4.98 Å². The van der Waals surface area contributed by atoms with Gasteiger partial charge < -0.3 is 4.57 Å². The van der Waals surface area contributed by atoms with Crippen LogP contribution in [0.5, 0.6) is 0 Å². The number of hydrogen-bond donors (Lipinski definition) is 0. The van der Waals surface area contributed by atoms with Crippen LogP contribution in [0.25, 0.3) is 0 Å². The molecule has 62 valence electrons. The predicted molar refractivity (Wildman–Crippen MR) is 40.8 cm³/mol. The van der Waals surface area contributed by atoms with Crippen molar-refractivity contribution in [2.24, 2.45) is 7.05 Å². The second-order valence-electron chi connectivity index (χ2n) is 1.37. The molecule has 2 nitrogen and oxygen atoms in total. The fourth-order valence-electron chi connectivity index (χ4n) is 0.326. The summed E-state index contributed by atoms with van der Waals surface area (Å²) in [6.07, 6.45) is 5.39. The molecule has 1 aromatic rings. The van der Waals surface area contributed by atoms with Gasteiger partial charge in [0.1, 0.15) is 0 Å². The summed E-state index contributed by atoms with van der Waals surface area (Å²) >= 11 is 0. The fourth-order valence-corrected chi connectivity index (χ4v) is 0.326. The Labute approximate surface area is 76.6 Å². The molecule has 0 radical (unpaired) electrons. The molecule has 0 aliphatic heterocycles. The van der Waals surface area contributed by atoms with Gasteiger partial charge in [0.05, 0.1) is 6.33 Å². The molecule has 0 saturated carbocycles. The summed E-state index contributed by atoms with van der Waals surface area (Å²) in [6.45, 7) is 0. The molecule has 0 bridgehead atoms. The molecule has 0 aliphatic rings. The predicted octanol–water partition coefficient (Wildman–Crippen LogP) is 2.49. The van der Waals surface area contributed by atoms with E-state index in [-0.39, 0.29) is 0 Å². The molecule has 0 amide bonds. The summed E-state index contributed by atoms with van der Waals surface area (Å²) in [5.41, 5.74) is 0. The fraction of sp³-hybridized carbons (Fsp3) is 0.250. The molecule has 0 spiro atoms. The molecule has 1 heterocycles. The molecule has 10 heavy (non-hydrogen) atoms. The summed E-state index contributed by atoms with van der Waals surface area (Å²) in [5, 5.41) is 0. The normalized spacial score (nSPS) is 9.80. The van der Waals surface area contributed by atoms with Crippen LogP contribution in [0.3, 0.4) is 0 Å². The van der Waals surface area contributed by atoms with Crippen molar-refractivity contribution in [2.75, 3.05) is 0 Å². The monoisotopic (exact) mass is 246 g/mol. The van der Waals surface area contributed by atoms with E-state index in [1.54, 1.807) is 12.5 Å². The van der Waals surface area contributed by atoms with Gasteiger partial charge in [0, 0.05) is 19.4 Å². The van der Waals surface area contributed by atoms with Gasteiger partial charge in [-0.2, -0.15) is 0 Å². The molecule has 0 atom stereocenters. The van der Waals surface area contributed by atoms with Crippen molar-refractivity contribution in [3.63, 3.8) is 0 Å². The van der Waals surface area contributed by atoms with Crippen LogP contribution in [-0.2, 0) is 18.0 Å². The molecule has 0 saturated heterocycles. The van der Waals surface area contributed by atoms with Crippen LogP contribution in [-0.4, -0.2) is 9.55 Å². The first-order valence-electron chi connectivity index (χ1n) is 2.19. The molecule has 1 aromatic heterocycles. The second-order valence-corrected chi connectivity index (χ2v) is 6.53. The Bertz CT molecular complexity index is 151. The Morgan fingerprint density at radius 3 is 2.00 bits per heavy atom. The van der Waals surface area contributed by atoms with Crippen LogP contribution in [0.4, 0.5) is 0 Å². The molecule has 0 unspecified atom stereocenters. The van der Waals surface area contributed by atoms with Crippen LogP contribution in [0.2, 0.25) is 0 Å². The minimum atomic E-state index is -1.19. The van der Waals surface area contributed by atoms with E-state index in [0.717, 1.165) is 0 Å². The number of aryl methyl sites for hydroxylation is 1. The number of nitrogens with zero attached hydrogens (tertiary/aromatic N) is 2. The Kier molecular flexibility index (Phi) is 6.68. The van der Waals surface area contributed by atoms with Crippen LogP contribution in [0.1, 0.15) is 0 Å². The maximum atomic E-state index is 4.87. The number of halogens is 3. The Morgan fingerprint density at radius 2 is 1.90 bits per heavy atom. The summed E-state index contributed by atoms with van der Waals surface area (Å²) in [4.78, 5) is 3.78. The van der Waals surface area contributed by atoms with Crippen molar-refractivity contribution in [3.05, 3.63) is 18.7 Å². The van der Waals surface area contributed by atoms with E-state index in [1.165, 1.54) is 0 Å². The average molecular weight is 247 g/mol. The first-order chi connectivity index (χ1) is 4.63. The summed E-state index contributed by atoms with van der Waals surface area (Å²) in [7, 11) is 15.4. The number of aromatic nitrogens is 2. The molecule has 6 heteroatoms. The Balaban J connectivity index is 0.000000180. The molecular formula is C4H6Cl3CoN2. The molecule has 0 aromatic carbocycles. The quantitative estimate of drug-likeness (QED) is 0.689. The van der Waals surface area contributed by atoms with Crippen molar-refractivity contribution in [2.45, 2.75) is 0 Å². The average Bonchev–Trinajstić information content (AvgIpc) is 2.15. The van der Waals surface area contributed by atoms with Gasteiger partial charge in [-0.05, 0) is 0 Å². The maximum absolute atomic E-state index is 4.87. The molecule has 0 fully saturated rings. The number of rotatable bonds is 0. The van der Waals surface area contributed by atoms with Crippen molar-refractivity contribution in [1.29, 1.82) is 0 Å². The Morgan fingerprint density at radius 1 is 1.40 bits per heavy atom. The molecule has 1 rings (SSSR count). The minimum absolute atomic E-state index is 1.19. The van der Waals surface area contributed by atoms with E-state index in [0.29, 0.717) is 0 Å². The van der Waals surface area contributed by atoms with Crippen LogP contribution in [0.15, 0.2) is 18.7 Å². The van der Waals surface area contributed by atoms with Crippen molar-refractivity contribution in [1.82, 2.24) is 9.55 Å². The third kappa shape index (κ3) is 8.59. The summed E-state index contributed by atoms with van der Waals surface area (Å²) in [5.74, 6) is 0. The van der Waals surface area contributed by atoms with Crippen LogP contribution < -0.4 is 0 Å². The second kappa shape index (κ2) is 6.31. The van der Waals surface area contributed by atoms with E-state index < -0.39 is 10.9 Å². The first kappa shape index (κ1) is 10.6. The SMILES string of the molecule is Cn1ccnc1.[Cl][Co]([Cl])[Cl]. The third-order valence-electron chi connectivity index (χ3n) is 0.637. The van der Waals surface area contributed by atoms with Gasteiger partial charge in [-0.3, -0.25) is 0 Å². The van der Waals surface area contributed by atoms with Gasteiger partial charge in [-0.1, -0.05) is 0 Å². The van der Waals surface area contributed by atoms with E-state index in [9.17, 15) is 0 Å². The van der Waals surface area contributed by atoms with Gasteiger partial charge in [-0.15, -0.1) is 0 Å². The van der Waals surface area contributed by atoms with Crippen LogP contribution >= 0.6 is 30.4 Å². The van der Waals surface area contributed by atoms with Gasteiger partial charge in [0.25, 0.3) is 0 Å². The number of hydrogen-bond acceptors (Lipinski definition) is 1. The standard InChI is InChI=1S/C4H6N2.3ClH.Co/c1-6-3-2-5-4-6;;;;/h2-4H,1H3;3*1H;/q;;;;+3/p-3. The van der Waals surface area contributed by atoms with Gasteiger partial charge in [0.15, 0.2) is 0 Å². The summed E-state index contributed by atoms with van der Waals surface area (Å²) in [6, 6.07) is 0. The van der Waals surface area contributed by atoms with Gasteiger partial charge >= 0.3 is 41.4 Å². The third-order valence-corrected chi connectivity index (χ3v) is 0.637. The summed E-state index contributed by atoms with van der Waals surface area (Å²) < 4.78 is 1.89. The van der Waals surface area contributed by atoms with Gasteiger partial charge in [0.2, 0.25) is 0 Å². The van der Waals surface area contributed by atoms with Crippen molar-refractivity contribution in [3.8, 4) is 0 Å². The zero-order valence-corrected chi connectivity index (χ0v) is 8.40. The zero-order valence-electron chi connectivity index (χ0n) is 5.09. The molecular weight excluding hydrogens is 241 g/mol.